The molecule has 2 N–H and O–H groups in total. The summed E-state index contributed by atoms with van der Waals surface area (Å²) in [6, 6.07) is 0. The van der Waals surface area contributed by atoms with E-state index < -0.39 is 10.2 Å². The van der Waals surface area contributed by atoms with Crippen molar-refractivity contribution in [1.82, 2.24) is 10.6 Å². The Balaban J connectivity index is 3.60. The molecule has 0 heterocycles. The van der Waals surface area contributed by atoms with Gasteiger partial charge in [-0.05, 0) is 0 Å². The van der Waals surface area contributed by atoms with Crippen LogP contribution in [0.5, 0.6) is 0 Å². The molecular formula is C10H16N2O4S2. The van der Waals surface area contributed by atoms with Gasteiger partial charge in [0.2, 0.25) is 11.8 Å². The number of hydrogen-bond acceptors (Lipinski definition) is 6. The largest absolute Gasteiger partial charge is 0.356 e. The van der Waals surface area contributed by atoms with E-state index in [1.165, 1.54) is 13.8 Å². The lowest BCUT2D eigenvalue weighted by Crippen LogP contribution is -2.24. The van der Waals surface area contributed by atoms with Crippen molar-refractivity contribution in [3.63, 3.8) is 0 Å². The Kier molecular flexibility index (Phi) is 9.39. The molecule has 0 aliphatic heterocycles. The Morgan fingerprint density at radius 2 is 1.11 bits per heavy atom. The molecule has 0 bridgehead atoms. The van der Waals surface area contributed by atoms with Crippen molar-refractivity contribution in [3.8, 4) is 0 Å². The molecule has 0 rings (SSSR count). The highest BCUT2D eigenvalue weighted by molar-refractivity contribution is 8.24. The summed E-state index contributed by atoms with van der Waals surface area (Å²) in [7, 11) is 0. The molecule has 0 aromatic carbocycles. The quantitative estimate of drug-likeness (QED) is 0.519. The highest BCUT2D eigenvalue weighted by atomic mass is 32.2. The van der Waals surface area contributed by atoms with Crippen LogP contribution in [0.3, 0.4) is 0 Å². The summed E-state index contributed by atoms with van der Waals surface area (Å²) in [5, 5.41) is 3.99. The minimum atomic E-state index is -0.534. The normalized spacial score (nSPS) is 9.67. The molecule has 0 atom stereocenters. The van der Waals surface area contributed by atoms with E-state index in [9.17, 15) is 19.2 Å². The van der Waals surface area contributed by atoms with Gasteiger partial charge in [-0.3, -0.25) is 19.2 Å². The van der Waals surface area contributed by atoms with Gasteiger partial charge < -0.3 is 10.6 Å². The number of nitrogens with one attached hydrogen (secondary N) is 2. The molecule has 102 valence electrons. The van der Waals surface area contributed by atoms with Crippen LogP contribution >= 0.6 is 23.5 Å². The second-order valence-electron chi connectivity index (χ2n) is 3.24. The van der Waals surface area contributed by atoms with Gasteiger partial charge in [-0.2, -0.15) is 0 Å². The average Bonchev–Trinajstić information content (AvgIpc) is 2.29. The lowest BCUT2D eigenvalue weighted by Gasteiger charge is -2.02. The van der Waals surface area contributed by atoms with Gasteiger partial charge >= 0.3 is 0 Å². The van der Waals surface area contributed by atoms with Crippen LogP contribution in [-0.4, -0.2) is 46.6 Å². The number of rotatable bonds is 6. The van der Waals surface area contributed by atoms with Crippen LogP contribution in [0.2, 0.25) is 0 Å². The summed E-state index contributed by atoms with van der Waals surface area (Å²) < 4.78 is 0. The highest BCUT2D eigenvalue weighted by Crippen LogP contribution is 2.10. The summed E-state index contributed by atoms with van der Waals surface area (Å²) in [4.78, 5) is 43.7. The predicted octanol–water partition coefficient (Wildman–Crippen LogP) is -0.222. The van der Waals surface area contributed by atoms with Gasteiger partial charge in [-0.1, -0.05) is 23.5 Å². The van der Waals surface area contributed by atoms with Gasteiger partial charge in [-0.15, -0.1) is 0 Å². The molecule has 0 saturated heterocycles. The third kappa shape index (κ3) is 10.2. The van der Waals surface area contributed by atoms with Gasteiger partial charge in [-0.25, -0.2) is 0 Å². The fourth-order valence-electron chi connectivity index (χ4n) is 0.859. The Bertz CT molecular complexity index is 302. The lowest BCUT2D eigenvalue weighted by atomic mass is 10.6. The fraction of sp³-hybridized carbons (Fsp3) is 0.600. The van der Waals surface area contributed by atoms with Crippen LogP contribution in [-0.2, 0) is 19.2 Å². The van der Waals surface area contributed by atoms with Crippen molar-refractivity contribution in [3.05, 3.63) is 0 Å². The van der Waals surface area contributed by atoms with Gasteiger partial charge in [0, 0.05) is 38.4 Å². The van der Waals surface area contributed by atoms with E-state index in [-0.39, 0.29) is 11.8 Å². The van der Waals surface area contributed by atoms with E-state index >= 15 is 0 Å². The number of carbonyl (C=O) groups is 4. The minimum absolute atomic E-state index is 0.168. The van der Waals surface area contributed by atoms with E-state index in [2.05, 4.69) is 10.6 Å². The summed E-state index contributed by atoms with van der Waals surface area (Å²) in [6.07, 6.45) is 0. The van der Waals surface area contributed by atoms with E-state index in [4.69, 9.17) is 0 Å². The molecule has 0 aliphatic carbocycles. The zero-order valence-electron chi connectivity index (χ0n) is 10.3. The Morgan fingerprint density at radius 1 is 0.778 bits per heavy atom. The van der Waals surface area contributed by atoms with Gasteiger partial charge in [0.25, 0.3) is 10.2 Å². The predicted molar refractivity (Wildman–Crippen MR) is 72.3 cm³/mol. The van der Waals surface area contributed by atoms with Crippen molar-refractivity contribution in [2.75, 3.05) is 24.6 Å². The molecule has 18 heavy (non-hydrogen) atoms. The molecule has 2 amide bonds. The average molecular weight is 292 g/mol. The molecule has 0 aromatic rings. The molecule has 0 radical (unpaired) electrons. The molecule has 0 spiro atoms. The van der Waals surface area contributed by atoms with Crippen molar-refractivity contribution in [1.29, 1.82) is 0 Å². The molecule has 0 fully saturated rings. The summed E-state index contributed by atoms with van der Waals surface area (Å²) in [5.41, 5.74) is 0. The van der Waals surface area contributed by atoms with E-state index in [1.807, 2.05) is 0 Å². The van der Waals surface area contributed by atoms with Crippen LogP contribution < -0.4 is 10.6 Å². The minimum Gasteiger partial charge on any atom is -0.356 e. The first-order chi connectivity index (χ1) is 8.43. The summed E-state index contributed by atoms with van der Waals surface area (Å²) in [6.45, 7) is 3.48. The number of amides is 2. The first-order valence-electron chi connectivity index (χ1n) is 5.26. The fourth-order valence-corrected chi connectivity index (χ4v) is 2.23. The molecule has 6 nitrogen and oxygen atoms in total. The van der Waals surface area contributed by atoms with Gasteiger partial charge in [0.15, 0.2) is 0 Å². The number of carbonyl (C=O) groups excluding carboxylic acids is 4. The van der Waals surface area contributed by atoms with Gasteiger partial charge in [0.1, 0.15) is 0 Å². The zero-order chi connectivity index (χ0) is 14.0. The van der Waals surface area contributed by atoms with Crippen LogP contribution in [0.1, 0.15) is 13.8 Å². The topological polar surface area (TPSA) is 92.3 Å². The number of thioether (sulfide) groups is 2. The first kappa shape index (κ1) is 17.0. The molecule has 8 heteroatoms. The van der Waals surface area contributed by atoms with Crippen LogP contribution in [0.25, 0.3) is 0 Å². The Hall–Kier alpha value is -1.02. The SMILES string of the molecule is CC(=O)NCCSC(=O)C(=O)SCCNC(C)=O. The maximum Gasteiger partial charge on any atom is 0.266 e. The molecule has 0 unspecified atom stereocenters. The molecule has 0 aliphatic rings. The standard InChI is InChI=1S/C10H16N2O4S2/c1-7(13)11-3-5-17-9(15)10(16)18-6-4-12-8(2)14/h3-6H2,1-2H3,(H,11,13)(H,12,14). The highest BCUT2D eigenvalue weighted by Gasteiger charge is 2.14. The third-order valence-corrected chi connectivity index (χ3v) is 3.43. The monoisotopic (exact) mass is 292 g/mol. The Labute approximate surface area is 114 Å². The van der Waals surface area contributed by atoms with Crippen molar-refractivity contribution in [2.45, 2.75) is 13.8 Å². The maximum absolute atomic E-state index is 11.3. The van der Waals surface area contributed by atoms with E-state index in [0.717, 1.165) is 23.5 Å². The van der Waals surface area contributed by atoms with E-state index in [0.29, 0.717) is 24.6 Å². The first-order valence-corrected chi connectivity index (χ1v) is 7.23. The molecule has 0 aromatic heterocycles. The summed E-state index contributed by atoms with van der Waals surface area (Å²) >= 11 is 1.76. The van der Waals surface area contributed by atoms with Gasteiger partial charge in [0.05, 0.1) is 0 Å². The smallest absolute Gasteiger partial charge is 0.266 e. The van der Waals surface area contributed by atoms with Crippen molar-refractivity contribution < 1.29 is 19.2 Å². The second-order valence-corrected chi connectivity index (χ2v) is 5.37. The number of hydrogen-bond donors (Lipinski definition) is 2. The molecule has 0 saturated carbocycles. The molecular weight excluding hydrogens is 276 g/mol. The van der Waals surface area contributed by atoms with Crippen LogP contribution in [0, 0.1) is 0 Å². The second kappa shape index (κ2) is 9.95. The third-order valence-electron chi connectivity index (χ3n) is 1.58. The lowest BCUT2D eigenvalue weighted by molar-refractivity contribution is -0.126. The van der Waals surface area contributed by atoms with Crippen molar-refractivity contribution in [2.24, 2.45) is 0 Å². The van der Waals surface area contributed by atoms with Crippen LogP contribution in [0.4, 0.5) is 0 Å². The van der Waals surface area contributed by atoms with Crippen molar-refractivity contribution >= 4 is 45.6 Å². The van der Waals surface area contributed by atoms with Crippen LogP contribution in [0.15, 0.2) is 0 Å². The maximum atomic E-state index is 11.3. The zero-order valence-corrected chi connectivity index (χ0v) is 11.9. The Morgan fingerprint density at radius 3 is 1.39 bits per heavy atom. The van der Waals surface area contributed by atoms with E-state index in [1.54, 1.807) is 0 Å². The summed E-state index contributed by atoms with van der Waals surface area (Å²) in [5.74, 6) is 0.408.